The monoisotopic (exact) mass is 456 g/mol. The number of unbranched alkanes of at least 4 members (excludes halogenated alkanes) is 1. The predicted octanol–water partition coefficient (Wildman–Crippen LogP) is 3.65. The van der Waals surface area contributed by atoms with Crippen LogP contribution in [0.4, 0.5) is 0 Å². The number of aliphatic imine (C=N–C) groups is 1. The molecule has 2 N–H and O–H groups in total. The van der Waals surface area contributed by atoms with Gasteiger partial charge >= 0.3 is 0 Å². The van der Waals surface area contributed by atoms with Crippen molar-refractivity contribution < 1.29 is 4.74 Å². The molecular formula is C19H29IN4O. The van der Waals surface area contributed by atoms with E-state index in [4.69, 9.17) is 4.74 Å². The van der Waals surface area contributed by atoms with E-state index < -0.39 is 0 Å². The number of nitrogens with one attached hydrogen (secondary N) is 2. The van der Waals surface area contributed by atoms with E-state index in [2.05, 4.69) is 51.6 Å². The summed E-state index contributed by atoms with van der Waals surface area (Å²) in [6.07, 6.45) is 6.34. The minimum atomic E-state index is 0. The number of rotatable bonds is 9. The van der Waals surface area contributed by atoms with Gasteiger partial charge in [-0.3, -0.25) is 4.99 Å². The van der Waals surface area contributed by atoms with Crippen LogP contribution in [0.2, 0.25) is 0 Å². The maximum atomic E-state index is 5.75. The van der Waals surface area contributed by atoms with Crippen LogP contribution < -0.4 is 15.4 Å². The molecule has 2 rings (SSSR count). The van der Waals surface area contributed by atoms with Crippen molar-refractivity contribution in [1.82, 2.24) is 15.2 Å². The number of nitrogens with zero attached hydrogens (tertiary/aromatic N) is 2. The van der Waals surface area contributed by atoms with Crippen molar-refractivity contribution in [2.75, 3.05) is 20.2 Å². The van der Waals surface area contributed by atoms with Crippen LogP contribution >= 0.6 is 24.0 Å². The molecule has 1 heterocycles. The second-order valence-electron chi connectivity index (χ2n) is 5.62. The van der Waals surface area contributed by atoms with Gasteiger partial charge < -0.3 is 19.9 Å². The Bertz CT molecular complexity index is 614. The van der Waals surface area contributed by atoms with Gasteiger partial charge in [0, 0.05) is 39.1 Å². The van der Waals surface area contributed by atoms with Crippen molar-refractivity contribution in [1.29, 1.82) is 0 Å². The van der Waals surface area contributed by atoms with E-state index in [1.54, 1.807) is 7.05 Å². The first-order valence-electron chi connectivity index (χ1n) is 8.59. The lowest BCUT2D eigenvalue weighted by molar-refractivity contribution is 0.309. The van der Waals surface area contributed by atoms with Crippen LogP contribution in [0.1, 0.15) is 25.3 Å². The lowest BCUT2D eigenvalue weighted by atomic mass is 10.2. The Morgan fingerprint density at radius 3 is 2.68 bits per heavy atom. The lowest BCUT2D eigenvalue weighted by Gasteiger charge is -2.13. The first kappa shape index (κ1) is 21.3. The predicted molar refractivity (Wildman–Crippen MR) is 115 cm³/mol. The molecule has 0 saturated carbocycles. The van der Waals surface area contributed by atoms with Crippen molar-refractivity contribution in [2.45, 2.75) is 32.9 Å². The number of halogens is 1. The molecule has 0 spiro atoms. The van der Waals surface area contributed by atoms with Gasteiger partial charge in [0.1, 0.15) is 5.75 Å². The zero-order valence-electron chi connectivity index (χ0n) is 15.1. The molecule has 0 atom stereocenters. The van der Waals surface area contributed by atoms with Crippen LogP contribution in [0.25, 0.3) is 0 Å². The molecule has 0 aliphatic rings. The highest BCUT2D eigenvalue weighted by atomic mass is 127. The van der Waals surface area contributed by atoms with Crippen LogP contribution in [0.3, 0.4) is 0 Å². The molecular weight excluding hydrogens is 427 g/mol. The molecule has 0 saturated heterocycles. The first-order valence-corrected chi connectivity index (χ1v) is 8.59. The smallest absolute Gasteiger partial charge is 0.191 e. The molecule has 138 valence electrons. The summed E-state index contributed by atoms with van der Waals surface area (Å²) in [5, 5.41) is 6.66. The number of hydrogen-bond donors (Lipinski definition) is 2. The molecule has 5 nitrogen and oxygen atoms in total. The van der Waals surface area contributed by atoms with Crippen LogP contribution in [0.15, 0.2) is 53.8 Å². The quantitative estimate of drug-likeness (QED) is 0.262. The summed E-state index contributed by atoms with van der Waals surface area (Å²) in [6, 6.07) is 12.3. The third kappa shape index (κ3) is 8.29. The Balaban J connectivity index is 0.00000312. The zero-order chi connectivity index (χ0) is 17.0. The fourth-order valence-electron chi connectivity index (χ4n) is 2.31. The summed E-state index contributed by atoms with van der Waals surface area (Å²) in [5.74, 6) is 1.73. The molecule has 1 aromatic heterocycles. The Kier molecular flexibility index (Phi) is 10.8. The van der Waals surface area contributed by atoms with Gasteiger partial charge in [0.05, 0.1) is 6.61 Å². The maximum Gasteiger partial charge on any atom is 0.191 e. The number of ether oxygens (including phenoxy) is 1. The molecule has 2 aromatic rings. The van der Waals surface area contributed by atoms with E-state index in [0.717, 1.165) is 44.2 Å². The van der Waals surface area contributed by atoms with Gasteiger partial charge in [-0.05, 0) is 36.2 Å². The topological polar surface area (TPSA) is 50.6 Å². The first-order chi connectivity index (χ1) is 11.8. The van der Waals surface area contributed by atoms with Gasteiger partial charge in [-0.25, -0.2) is 0 Å². The van der Waals surface area contributed by atoms with Gasteiger partial charge in [-0.2, -0.15) is 0 Å². The lowest BCUT2D eigenvalue weighted by Crippen LogP contribution is -2.38. The van der Waals surface area contributed by atoms with E-state index in [9.17, 15) is 0 Å². The van der Waals surface area contributed by atoms with Crippen LogP contribution in [-0.4, -0.2) is 30.7 Å². The second-order valence-corrected chi connectivity index (χ2v) is 5.62. The Morgan fingerprint density at radius 1 is 1.16 bits per heavy atom. The van der Waals surface area contributed by atoms with Gasteiger partial charge in [0.2, 0.25) is 0 Å². The zero-order valence-corrected chi connectivity index (χ0v) is 17.4. The van der Waals surface area contributed by atoms with E-state index in [1.807, 2.05) is 24.3 Å². The largest absolute Gasteiger partial charge is 0.494 e. The Hall–Kier alpha value is -1.70. The number of guanidine groups is 1. The highest BCUT2D eigenvalue weighted by Gasteiger charge is 2.00. The molecule has 1 aromatic carbocycles. The minimum Gasteiger partial charge on any atom is -0.494 e. The van der Waals surface area contributed by atoms with E-state index in [1.165, 1.54) is 5.56 Å². The van der Waals surface area contributed by atoms with E-state index in [-0.39, 0.29) is 24.0 Å². The van der Waals surface area contributed by atoms with Crippen LogP contribution in [0.5, 0.6) is 5.75 Å². The molecule has 0 aliphatic carbocycles. The van der Waals surface area contributed by atoms with Crippen molar-refractivity contribution in [3.8, 4) is 5.75 Å². The number of aromatic nitrogens is 1. The van der Waals surface area contributed by atoms with Crippen molar-refractivity contribution in [3.05, 3.63) is 54.4 Å². The molecule has 0 radical (unpaired) electrons. The highest BCUT2D eigenvalue weighted by molar-refractivity contribution is 14.0. The van der Waals surface area contributed by atoms with Crippen molar-refractivity contribution in [2.24, 2.45) is 4.99 Å². The second kappa shape index (κ2) is 12.6. The van der Waals surface area contributed by atoms with Gasteiger partial charge in [-0.15, -0.1) is 24.0 Å². The summed E-state index contributed by atoms with van der Waals surface area (Å²) >= 11 is 0. The fourth-order valence-corrected chi connectivity index (χ4v) is 2.31. The number of hydrogen-bond acceptors (Lipinski definition) is 2. The maximum absolute atomic E-state index is 5.75. The SMILES string of the molecule is CCCCOc1cccc(CNC(=NC)NCCn2cccc2)c1.I. The van der Waals surface area contributed by atoms with E-state index in [0.29, 0.717) is 6.54 Å². The highest BCUT2D eigenvalue weighted by Crippen LogP contribution is 2.13. The Labute approximate surface area is 167 Å². The van der Waals surface area contributed by atoms with Crippen LogP contribution in [-0.2, 0) is 13.1 Å². The molecule has 0 aliphatic heterocycles. The summed E-state index contributed by atoms with van der Waals surface area (Å²) in [4.78, 5) is 4.26. The van der Waals surface area contributed by atoms with Crippen molar-refractivity contribution in [3.63, 3.8) is 0 Å². The fraction of sp³-hybridized carbons (Fsp3) is 0.421. The number of benzene rings is 1. The average molecular weight is 456 g/mol. The summed E-state index contributed by atoms with van der Waals surface area (Å²) in [7, 11) is 1.79. The third-order valence-electron chi connectivity index (χ3n) is 3.68. The molecule has 0 amide bonds. The van der Waals surface area contributed by atoms with Gasteiger partial charge in [0.15, 0.2) is 5.96 Å². The van der Waals surface area contributed by atoms with Gasteiger partial charge in [-0.1, -0.05) is 25.5 Å². The summed E-state index contributed by atoms with van der Waals surface area (Å²) in [5.41, 5.74) is 1.18. The standard InChI is InChI=1S/C19H28N4O.HI/c1-3-4-14-24-18-9-7-8-17(15-18)16-22-19(20-2)21-10-13-23-11-5-6-12-23;/h5-9,11-12,15H,3-4,10,13-14,16H2,1-2H3,(H2,20,21,22);1H. The summed E-state index contributed by atoms with van der Waals surface area (Å²) in [6.45, 7) is 5.39. The normalized spacial score (nSPS) is 10.9. The van der Waals surface area contributed by atoms with Gasteiger partial charge in [0.25, 0.3) is 0 Å². The van der Waals surface area contributed by atoms with E-state index >= 15 is 0 Å². The molecule has 0 fully saturated rings. The van der Waals surface area contributed by atoms with Crippen molar-refractivity contribution >= 4 is 29.9 Å². The van der Waals surface area contributed by atoms with Crippen LogP contribution in [0, 0.1) is 0 Å². The Morgan fingerprint density at radius 2 is 1.96 bits per heavy atom. The summed E-state index contributed by atoms with van der Waals surface area (Å²) < 4.78 is 7.89. The minimum absolute atomic E-state index is 0. The molecule has 6 heteroatoms. The molecule has 0 unspecified atom stereocenters. The molecule has 0 bridgehead atoms. The molecule has 25 heavy (non-hydrogen) atoms. The average Bonchev–Trinajstić information content (AvgIpc) is 3.12. The third-order valence-corrected chi connectivity index (χ3v) is 3.68.